The molecule has 6 nitrogen and oxygen atoms in total. The number of pyridine rings is 1. The Morgan fingerprint density at radius 1 is 1.22 bits per heavy atom. The highest BCUT2D eigenvalue weighted by Gasteiger charge is 2.18. The SMILES string of the molecule is Cc1cc(F)ccc1S(=O)(=O)Nc1cnc2c(c1)c(C)nn2C. The molecule has 0 saturated carbocycles. The molecule has 1 aromatic carbocycles. The maximum Gasteiger partial charge on any atom is 0.262 e. The van der Waals surface area contributed by atoms with Crippen molar-refractivity contribution in [1.82, 2.24) is 14.8 Å². The summed E-state index contributed by atoms with van der Waals surface area (Å²) in [6.07, 6.45) is 1.43. The first-order valence-electron chi connectivity index (χ1n) is 6.86. The van der Waals surface area contributed by atoms with Crippen LogP contribution in [-0.2, 0) is 17.1 Å². The van der Waals surface area contributed by atoms with Gasteiger partial charge < -0.3 is 0 Å². The molecule has 0 atom stereocenters. The second-order valence-corrected chi connectivity index (χ2v) is 6.97. The Morgan fingerprint density at radius 2 is 1.96 bits per heavy atom. The number of nitrogens with zero attached hydrogens (tertiary/aromatic N) is 3. The molecular formula is C15H15FN4O2S. The van der Waals surface area contributed by atoms with Crippen molar-refractivity contribution in [3.63, 3.8) is 0 Å². The lowest BCUT2D eigenvalue weighted by molar-refractivity contribution is 0.598. The van der Waals surface area contributed by atoms with E-state index in [1.807, 2.05) is 6.92 Å². The van der Waals surface area contributed by atoms with E-state index in [4.69, 9.17) is 0 Å². The predicted molar refractivity (Wildman–Crippen MR) is 85.2 cm³/mol. The van der Waals surface area contributed by atoms with E-state index in [0.29, 0.717) is 16.9 Å². The molecule has 3 aromatic rings. The number of anilines is 1. The molecule has 0 aliphatic carbocycles. The van der Waals surface area contributed by atoms with Gasteiger partial charge in [-0.3, -0.25) is 9.40 Å². The molecule has 0 saturated heterocycles. The van der Waals surface area contributed by atoms with Crippen LogP contribution in [-0.4, -0.2) is 23.2 Å². The zero-order valence-electron chi connectivity index (χ0n) is 12.8. The second-order valence-electron chi connectivity index (χ2n) is 5.32. The third-order valence-corrected chi connectivity index (χ3v) is 5.08. The number of fused-ring (bicyclic) bond motifs is 1. The van der Waals surface area contributed by atoms with Crippen molar-refractivity contribution in [2.24, 2.45) is 7.05 Å². The van der Waals surface area contributed by atoms with Crippen molar-refractivity contribution < 1.29 is 12.8 Å². The number of halogens is 1. The summed E-state index contributed by atoms with van der Waals surface area (Å²) in [6, 6.07) is 5.23. The summed E-state index contributed by atoms with van der Waals surface area (Å²) < 4.78 is 42.2. The van der Waals surface area contributed by atoms with Gasteiger partial charge in [0, 0.05) is 12.4 Å². The Balaban J connectivity index is 2.02. The van der Waals surface area contributed by atoms with Crippen molar-refractivity contribution in [3.05, 3.63) is 47.5 Å². The second kappa shape index (κ2) is 5.31. The Morgan fingerprint density at radius 3 is 2.65 bits per heavy atom. The van der Waals surface area contributed by atoms with Gasteiger partial charge in [0.1, 0.15) is 5.82 Å². The van der Waals surface area contributed by atoms with Crippen LogP contribution in [0.4, 0.5) is 10.1 Å². The van der Waals surface area contributed by atoms with Gasteiger partial charge in [-0.05, 0) is 43.7 Å². The van der Waals surface area contributed by atoms with Crippen molar-refractivity contribution in [2.45, 2.75) is 18.7 Å². The molecule has 1 N–H and O–H groups in total. The van der Waals surface area contributed by atoms with Crippen LogP contribution in [0.5, 0.6) is 0 Å². The smallest absolute Gasteiger partial charge is 0.262 e. The molecule has 0 unspecified atom stereocenters. The number of aromatic nitrogens is 3. The monoisotopic (exact) mass is 334 g/mol. The van der Waals surface area contributed by atoms with Crippen molar-refractivity contribution >= 4 is 26.7 Å². The van der Waals surface area contributed by atoms with Gasteiger partial charge in [-0.2, -0.15) is 5.10 Å². The van der Waals surface area contributed by atoms with Gasteiger partial charge in [0.25, 0.3) is 10.0 Å². The number of nitrogens with one attached hydrogen (secondary N) is 1. The predicted octanol–water partition coefficient (Wildman–Crippen LogP) is 2.53. The van der Waals surface area contributed by atoms with Gasteiger partial charge in [-0.1, -0.05) is 0 Å². The molecule has 0 amide bonds. The lowest BCUT2D eigenvalue weighted by atomic mass is 10.2. The van der Waals surface area contributed by atoms with Gasteiger partial charge in [0.05, 0.1) is 22.5 Å². The summed E-state index contributed by atoms with van der Waals surface area (Å²) in [4.78, 5) is 4.26. The average Bonchev–Trinajstić information content (AvgIpc) is 2.72. The van der Waals surface area contributed by atoms with Crippen LogP contribution in [0, 0.1) is 19.7 Å². The molecule has 0 fully saturated rings. The Hall–Kier alpha value is -2.48. The molecule has 23 heavy (non-hydrogen) atoms. The van der Waals surface area contributed by atoms with E-state index in [9.17, 15) is 12.8 Å². The molecule has 0 spiro atoms. The maximum atomic E-state index is 13.1. The quantitative estimate of drug-likeness (QED) is 0.798. The minimum absolute atomic E-state index is 0.0295. The lowest BCUT2D eigenvalue weighted by Crippen LogP contribution is -2.14. The van der Waals surface area contributed by atoms with Crippen LogP contribution in [0.3, 0.4) is 0 Å². The molecule has 0 radical (unpaired) electrons. The minimum Gasteiger partial charge on any atom is -0.278 e. The number of rotatable bonds is 3. The molecule has 3 rings (SSSR count). The van der Waals surface area contributed by atoms with Gasteiger partial charge in [-0.15, -0.1) is 0 Å². The molecule has 0 aliphatic rings. The minimum atomic E-state index is -3.82. The molecule has 2 aromatic heterocycles. The highest BCUT2D eigenvalue weighted by atomic mass is 32.2. The summed E-state index contributed by atoms with van der Waals surface area (Å²) in [5.41, 5.74) is 2.10. The van der Waals surface area contributed by atoms with E-state index >= 15 is 0 Å². The normalized spacial score (nSPS) is 11.8. The van der Waals surface area contributed by atoms with E-state index in [2.05, 4.69) is 14.8 Å². The summed E-state index contributed by atoms with van der Waals surface area (Å²) in [5.74, 6) is -0.476. The largest absolute Gasteiger partial charge is 0.278 e. The summed E-state index contributed by atoms with van der Waals surface area (Å²) in [5, 5.41) is 5.01. The third-order valence-electron chi connectivity index (χ3n) is 3.54. The zero-order valence-corrected chi connectivity index (χ0v) is 13.6. The molecule has 8 heteroatoms. The van der Waals surface area contributed by atoms with E-state index in [-0.39, 0.29) is 4.90 Å². The van der Waals surface area contributed by atoms with Crippen LogP contribution >= 0.6 is 0 Å². The lowest BCUT2D eigenvalue weighted by Gasteiger charge is -2.10. The summed E-state index contributed by atoms with van der Waals surface area (Å²) >= 11 is 0. The van der Waals surface area contributed by atoms with Crippen LogP contribution in [0.15, 0.2) is 35.4 Å². The van der Waals surface area contributed by atoms with E-state index in [1.165, 1.54) is 18.3 Å². The average molecular weight is 334 g/mol. The van der Waals surface area contributed by atoms with Crippen molar-refractivity contribution in [2.75, 3.05) is 4.72 Å². The number of sulfonamides is 1. The van der Waals surface area contributed by atoms with Crippen molar-refractivity contribution in [1.29, 1.82) is 0 Å². The first kappa shape index (κ1) is 15.4. The third kappa shape index (κ3) is 2.77. The first-order chi connectivity index (χ1) is 10.8. The van der Waals surface area contributed by atoms with Gasteiger partial charge in [0.2, 0.25) is 0 Å². The summed E-state index contributed by atoms with van der Waals surface area (Å²) in [6.45, 7) is 3.37. The fraction of sp³-hybridized carbons (Fsp3) is 0.200. The number of hydrogen-bond donors (Lipinski definition) is 1. The number of aryl methyl sites for hydroxylation is 3. The molecule has 0 bridgehead atoms. The molecule has 0 aliphatic heterocycles. The van der Waals surface area contributed by atoms with Crippen LogP contribution in [0.1, 0.15) is 11.3 Å². The topological polar surface area (TPSA) is 76.9 Å². The fourth-order valence-corrected chi connectivity index (χ4v) is 3.75. The highest BCUT2D eigenvalue weighted by Crippen LogP contribution is 2.23. The van der Waals surface area contributed by atoms with Crippen molar-refractivity contribution in [3.8, 4) is 0 Å². The van der Waals surface area contributed by atoms with E-state index in [1.54, 1.807) is 24.7 Å². The van der Waals surface area contributed by atoms with E-state index in [0.717, 1.165) is 17.1 Å². The fourth-order valence-electron chi connectivity index (χ4n) is 2.49. The molecule has 2 heterocycles. The Kier molecular flexibility index (Phi) is 3.56. The van der Waals surface area contributed by atoms with Gasteiger partial charge in [-0.25, -0.2) is 17.8 Å². The van der Waals surface area contributed by atoms with Crippen LogP contribution in [0.25, 0.3) is 11.0 Å². The zero-order chi connectivity index (χ0) is 16.8. The number of benzene rings is 1. The summed E-state index contributed by atoms with van der Waals surface area (Å²) in [7, 11) is -2.05. The Bertz CT molecular complexity index is 1010. The van der Waals surface area contributed by atoms with E-state index < -0.39 is 15.8 Å². The highest BCUT2D eigenvalue weighted by molar-refractivity contribution is 7.92. The van der Waals surface area contributed by atoms with Gasteiger partial charge in [0.15, 0.2) is 5.65 Å². The standard InChI is InChI=1S/C15H15FN4O2S/c1-9-6-11(16)4-5-14(9)23(21,22)19-12-7-13-10(2)18-20(3)15(13)17-8-12/h4-8,19H,1-3H3. The number of hydrogen-bond acceptors (Lipinski definition) is 4. The molecule has 120 valence electrons. The first-order valence-corrected chi connectivity index (χ1v) is 8.34. The maximum absolute atomic E-state index is 13.1. The Labute approximate surface area is 133 Å². The van der Waals surface area contributed by atoms with Gasteiger partial charge >= 0.3 is 0 Å². The van der Waals surface area contributed by atoms with Crippen LogP contribution in [0.2, 0.25) is 0 Å². The van der Waals surface area contributed by atoms with Crippen LogP contribution < -0.4 is 4.72 Å². The molecular weight excluding hydrogens is 319 g/mol.